The summed E-state index contributed by atoms with van der Waals surface area (Å²) in [6.45, 7) is 1.86. The molecule has 0 radical (unpaired) electrons. The van der Waals surface area contributed by atoms with Crippen molar-refractivity contribution in [2.24, 2.45) is 7.05 Å². The lowest BCUT2D eigenvalue weighted by molar-refractivity contribution is -0.137. The maximum Gasteiger partial charge on any atom is 0.416 e. The predicted molar refractivity (Wildman–Crippen MR) is 132 cm³/mol. The van der Waals surface area contributed by atoms with Gasteiger partial charge in [0.15, 0.2) is 5.82 Å². The summed E-state index contributed by atoms with van der Waals surface area (Å²) < 4.78 is 42.6. The lowest BCUT2D eigenvalue weighted by atomic mass is 10.0. The zero-order valence-corrected chi connectivity index (χ0v) is 19.7. The number of fused-ring (bicyclic) bond motifs is 1. The number of hydrogen-bond donors (Lipinski definition) is 1. The molecule has 0 spiro atoms. The van der Waals surface area contributed by atoms with Gasteiger partial charge in [-0.15, -0.1) is 0 Å². The standard InChI is InChI=1S/C27H19F3N6O/c1-17-3-6-20(26(37)34-24-13-21(9-10-31-24)27(28,29)30)12-19(17)7-4-18-5-8-23-22(11-18)32-16-36(23)25-14-35(2)15-33-25/h3,5-6,8-16H,1-2H3,(H,31,34,37). The molecule has 3 aromatic heterocycles. The van der Waals surface area contributed by atoms with Crippen LogP contribution in [0, 0.1) is 18.8 Å². The van der Waals surface area contributed by atoms with Crippen LogP contribution >= 0.6 is 0 Å². The van der Waals surface area contributed by atoms with E-state index in [0.29, 0.717) is 5.56 Å². The summed E-state index contributed by atoms with van der Waals surface area (Å²) in [6, 6.07) is 12.2. The summed E-state index contributed by atoms with van der Waals surface area (Å²) in [7, 11) is 1.90. The highest BCUT2D eigenvalue weighted by atomic mass is 19.4. The van der Waals surface area contributed by atoms with Crippen molar-refractivity contribution in [3.8, 4) is 17.7 Å². The van der Waals surface area contributed by atoms with Crippen LogP contribution < -0.4 is 5.32 Å². The van der Waals surface area contributed by atoms with Crippen molar-refractivity contribution >= 4 is 22.8 Å². The van der Waals surface area contributed by atoms with Gasteiger partial charge in [-0.05, 0) is 55.0 Å². The number of nitrogens with one attached hydrogen (secondary N) is 1. The number of aryl methyl sites for hydroxylation is 2. The summed E-state index contributed by atoms with van der Waals surface area (Å²) >= 11 is 0. The number of imidazole rings is 2. The smallest absolute Gasteiger partial charge is 0.338 e. The number of hydrogen-bond acceptors (Lipinski definition) is 4. The Morgan fingerprint density at radius 3 is 2.57 bits per heavy atom. The van der Waals surface area contributed by atoms with Gasteiger partial charge in [-0.25, -0.2) is 15.0 Å². The van der Waals surface area contributed by atoms with Gasteiger partial charge in [-0.3, -0.25) is 9.36 Å². The van der Waals surface area contributed by atoms with Gasteiger partial charge in [0.1, 0.15) is 12.1 Å². The van der Waals surface area contributed by atoms with E-state index in [-0.39, 0.29) is 11.4 Å². The molecule has 0 bridgehead atoms. The van der Waals surface area contributed by atoms with Crippen LogP contribution in [-0.2, 0) is 13.2 Å². The minimum Gasteiger partial charge on any atom is -0.338 e. The Morgan fingerprint density at radius 1 is 0.973 bits per heavy atom. The lowest BCUT2D eigenvalue weighted by Gasteiger charge is -2.09. The normalized spacial score (nSPS) is 11.3. The second kappa shape index (κ2) is 9.28. The third-order valence-electron chi connectivity index (χ3n) is 5.66. The topological polar surface area (TPSA) is 77.6 Å². The third kappa shape index (κ3) is 5.06. The average molecular weight is 500 g/mol. The SMILES string of the molecule is Cc1ccc(C(=O)Nc2cc(C(F)(F)F)ccn2)cc1C#Cc1ccc2c(c1)ncn2-c1cn(C)cn1. The number of anilines is 1. The van der Waals surface area contributed by atoms with E-state index in [4.69, 9.17) is 0 Å². The van der Waals surface area contributed by atoms with Crippen molar-refractivity contribution in [3.63, 3.8) is 0 Å². The van der Waals surface area contributed by atoms with Crippen molar-refractivity contribution < 1.29 is 18.0 Å². The Kier molecular flexibility index (Phi) is 5.97. The van der Waals surface area contributed by atoms with Crippen LogP contribution in [0.1, 0.15) is 32.6 Å². The summed E-state index contributed by atoms with van der Waals surface area (Å²) in [5.74, 6) is 6.16. The molecule has 1 amide bonds. The maximum absolute atomic E-state index is 13.0. The fourth-order valence-corrected chi connectivity index (χ4v) is 3.70. The second-order valence-electron chi connectivity index (χ2n) is 8.38. The number of aromatic nitrogens is 5. The van der Waals surface area contributed by atoms with Crippen LogP contribution in [0.5, 0.6) is 0 Å². The number of nitrogens with zero attached hydrogens (tertiary/aromatic N) is 5. The van der Waals surface area contributed by atoms with Crippen molar-refractivity contribution in [2.75, 3.05) is 5.32 Å². The van der Waals surface area contributed by atoms with Crippen molar-refractivity contribution in [3.05, 3.63) is 101 Å². The van der Waals surface area contributed by atoms with E-state index < -0.39 is 17.6 Å². The molecule has 0 aliphatic heterocycles. The molecule has 0 fully saturated rings. The van der Waals surface area contributed by atoms with Crippen LogP contribution in [0.25, 0.3) is 16.9 Å². The highest BCUT2D eigenvalue weighted by Gasteiger charge is 2.30. The molecule has 0 aliphatic rings. The molecule has 0 saturated carbocycles. The average Bonchev–Trinajstić information content (AvgIpc) is 3.48. The molecule has 5 aromatic rings. The second-order valence-corrected chi connectivity index (χ2v) is 8.38. The summed E-state index contributed by atoms with van der Waals surface area (Å²) in [5, 5.41) is 2.41. The molecule has 10 heteroatoms. The van der Waals surface area contributed by atoms with Crippen molar-refractivity contribution in [1.29, 1.82) is 0 Å². The van der Waals surface area contributed by atoms with Gasteiger partial charge in [0.2, 0.25) is 0 Å². The monoisotopic (exact) mass is 500 g/mol. The Balaban J connectivity index is 1.38. The number of amides is 1. The predicted octanol–water partition coefficient (Wildman–Crippen LogP) is 5.13. The fraction of sp³-hybridized carbons (Fsp3) is 0.111. The van der Waals surface area contributed by atoms with E-state index >= 15 is 0 Å². The molecule has 0 saturated heterocycles. The molecule has 0 atom stereocenters. The number of halogens is 3. The molecule has 5 rings (SSSR count). The number of carbonyl (C=O) groups is 1. The van der Waals surface area contributed by atoms with Crippen molar-refractivity contribution in [2.45, 2.75) is 13.1 Å². The van der Waals surface area contributed by atoms with Gasteiger partial charge in [0.05, 0.1) is 22.9 Å². The Labute approximate surface area is 209 Å². The molecular weight excluding hydrogens is 481 g/mol. The van der Waals surface area contributed by atoms with E-state index in [1.165, 1.54) is 0 Å². The largest absolute Gasteiger partial charge is 0.416 e. The first-order valence-electron chi connectivity index (χ1n) is 11.1. The first-order chi connectivity index (χ1) is 17.7. The molecule has 1 N–H and O–H groups in total. The first-order valence-corrected chi connectivity index (χ1v) is 11.1. The summed E-state index contributed by atoms with van der Waals surface area (Å²) in [4.78, 5) is 25.3. The minimum atomic E-state index is -4.53. The maximum atomic E-state index is 13.0. The molecule has 0 aliphatic carbocycles. The van der Waals surface area contributed by atoms with Gasteiger partial charge in [0, 0.05) is 36.1 Å². The number of pyridine rings is 1. The van der Waals surface area contributed by atoms with Gasteiger partial charge in [-0.2, -0.15) is 13.2 Å². The highest BCUT2D eigenvalue weighted by molar-refractivity contribution is 6.04. The quantitative estimate of drug-likeness (QED) is 0.349. The molecule has 184 valence electrons. The number of rotatable bonds is 3. The van der Waals surface area contributed by atoms with Crippen LogP contribution in [0.2, 0.25) is 0 Å². The van der Waals surface area contributed by atoms with Crippen LogP contribution in [0.4, 0.5) is 19.0 Å². The van der Waals surface area contributed by atoms with Crippen molar-refractivity contribution in [1.82, 2.24) is 24.1 Å². The zero-order valence-electron chi connectivity index (χ0n) is 19.7. The fourth-order valence-electron chi connectivity index (χ4n) is 3.70. The van der Waals surface area contributed by atoms with E-state index in [9.17, 15) is 18.0 Å². The van der Waals surface area contributed by atoms with Crippen LogP contribution in [-0.4, -0.2) is 30.0 Å². The summed E-state index contributed by atoms with van der Waals surface area (Å²) in [6.07, 6.45) is 1.78. The first kappa shape index (κ1) is 23.8. The highest BCUT2D eigenvalue weighted by Crippen LogP contribution is 2.30. The van der Waals surface area contributed by atoms with E-state index in [1.54, 1.807) is 30.9 Å². The van der Waals surface area contributed by atoms with E-state index in [1.807, 2.05) is 47.5 Å². The van der Waals surface area contributed by atoms with E-state index in [0.717, 1.165) is 46.3 Å². The molecule has 3 heterocycles. The van der Waals surface area contributed by atoms with E-state index in [2.05, 4.69) is 32.1 Å². The van der Waals surface area contributed by atoms with Gasteiger partial charge in [0.25, 0.3) is 5.91 Å². The Bertz CT molecular complexity index is 1700. The Morgan fingerprint density at radius 2 is 1.81 bits per heavy atom. The zero-order chi connectivity index (χ0) is 26.2. The van der Waals surface area contributed by atoms with Crippen LogP contribution in [0.3, 0.4) is 0 Å². The number of benzene rings is 2. The molecule has 7 nitrogen and oxygen atoms in total. The minimum absolute atomic E-state index is 0.188. The molecule has 37 heavy (non-hydrogen) atoms. The Hall–Kier alpha value is -4.91. The summed E-state index contributed by atoms with van der Waals surface area (Å²) in [5.41, 5.74) is 3.21. The van der Waals surface area contributed by atoms with Gasteiger partial charge in [-0.1, -0.05) is 17.9 Å². The third-order valence-corrected chi connectivity index (χ3v) is 5.66. The number of alkyl halides is 3. The lowest BCUT2D eigenvalue weighted by Crippen LogP contribution is -2.14. The molecule has 0 unspecified atom stereocenters. The van der Waals surface area contributed by atoms with Gasteiger partial charge < -0.3 is 9.88 Å². The van der Waals surface area contributed by atoms with Crippen LogP contribution in [0.15, 0.2) is 73.6 Å². The molecule has 2 aromatic carbocycles. The number of carbonyl (C=O) groups excluding carboxylic acids is 1. The van der Waals surface area contributed by atoms with Gasteiger partial charge >= 0.3 is 6.18 Å². The molecular formula is C27H19F3N6O.